The van der Waals surface area contributed by atoms with Crippen LogP contribution in [-0.4, -0.2) is 28.6 Å². The van der Waals surface area contributed by atoms with Crippen LogP contribution >= 0.6 is 0 Å². The molecule has 0 fully saturated rings. The summed E-state index contributed by atoms with van der Waals surface area (Å²) < 4.78 is 12.2. The molecule has 9 nitrogen and oxygen atoms in total. The predicted octanol–water partition coefficient (Wildman–Crippen LogP) is 1.80. The van der Waals surface area contributed by atoms with Crippen LogP contribution in [-0.2, 0) is 11.3 Å². The van der Waals surface area contributed by atoms with Gasteiger partial charge in [0.05, 0.1) is 30.4 Å². The van der Waals surface area contributed by atoms with Crippen molar-refractivity contribution in [1.29, 1.82) is 0 Å². The first-order chi connectivity index (χ1) is 12.9. The third kappa shape index (κ3) is 4.43. The van der Waals surface area contributed by atoms with Gasteiger partial charge in [0, 0.05) is 18.6 Å². The van der Waals surface area contributed by atoms with Crippen LogP contribution in [0.1, 0.15) is 24.9 Å². The Morgan fingerprint density at radius 1 is 1.26 bits per heavy atom. The maximum absolute atomic E-state index is 12.3. The Hall–Kier alpha value is -3.36. The summed E-state index contributed by atoms with van der Waals surface area (Å²) in [5.41, 5.74) is 0.0799. The molecule has 1 atom stereocenters. The van der Waals surface area contributed by atoms with Gasteiger partial charge in [0.15, 0.2) is 11.5 Å². The molecule has 1 unspecified atom stereocenters. The van der Waals surface area contributed by atoms with Crippen molar-refractivity contribution < 1.29 is 19.2 Å². The van der Waals surface area contributed by atoms with Crippen molar-refractivity contribution in [2.75, 3.05) is 13.2 Å². The molecule has 0 spiro atoms. The van der Waals surface area contributed by atoms with E-state index in [1.165, 1.54) is 0 Å². The second kappa shape index (κ2) is 7.90. The van der Waals surface area contributed by atoms with E-state index in [4.69, 9.17) is 9.47 Å². The molecule has 0 saturated carbocycles. The highest BCUT2D eigenvalue weighted by molar-refractivity contribution is 5.76. The Bertz CT molecular complexity index is 924. The number of nitro groups is 1. The Kier molecular flexibility index (Phi) is 5.39. The minimum Gasteiger partial charge on any atom is -0.490 e. The van der Waals surface area contributed by atoms with Crippen LogP contribution in [0.4, 0.5) is 5.69 Å². The van der Waals surface area contributed by atoms with Crippen molar-refractivity contribution in [3.8, 4) is 11.5 Å². The van der Waals surface area contributed by atoms with Crippen molar-refractivity contribution in [2.24, 2.45) is 0 Å². The van der Waals surface area contributed by atoms with Gasteiger partial charge in [-0.2, -0.15) is 0 Å². The average Bonchev–Trinajstić information content (AvgIpc) is 2.87. The molecular formula is C18H19N3O6. The summed E-state index contributed by atoms with van der Waals surface area (Å²) in [6.07, 6.45) is 1.86. The fourth-order valence-electron chi connectivity index (χ4n) is 2.72. The highest BCUT2D eigenvalue weighted by Crippen LogP contribution is 2.32. The number of pyridine rings is 1. The molecule has 1 aromatic carbocycles. The number of nitrogens with one attached hydrogen (secondary N) is 1. The van der Waals surface area contributed by atoms with Crippen LogP contribution in [0.25, 0.3) is 0 Å². The standard InChI is InChI=1S/C18H19N3O6/c1-12(13-3-5-15-16(9-13)27-8-2-7-26-15)19-17(22)11-20-10-14(21(24)25)4-6-18(20)23/h3-6,9-10,12H,2,7-8,11H2,1H3,(H,19,22). The molecule has 0 saturated heterocycles. The summed E-state index contributed by atoms with van der Waals surface area (Å²) in [7, 11) is 0. The number of nitrogens with zero attached hydrogens (tertiary/aromatic N) is 2. The van der Waals surface area contributed by atoms with Gasteiger partial charge in [-0.25, -0.2) is 0 Å². The molecule has 1 aliphatic rings. The number of carbonyl (C=O) groups is 1. The van der Waals surface area contributed by atoms with Gasteiger partial charge in [-0.1, -0.05) is 6.07 Å². The molecule has 0 aliphatic carbocycles. The van der Waals surface area contributed by atoms with Gasteiger partial charge in [0.1, 0.15) is 6.54 Å². The summed E-state index contributed by atoms with van der Waals surface area (Å²) in [5, 5.41) is 13.6. The number of benzene rings is 1. The first-order valence-electron chi connectivity index (χ1n) is 8.48. The maximum atomic E-state index is 12.3. The summed E-state index contributed by atoms with van der Waals surface area (Å²) >= 11 is 0. The number of hydrogen-bond acceptors (Lipinski definition) is 6. The number of carbonyl (C=O) groups excluding carboxylic acids is 1. The smallest absolute Gasteiger partial charge is 0.285 e. The van der Waals surface area contributed by atoms with Gasteiger partial charge in [-0.15, -0.1) is 0 Å². The lowest BCUT2D eigenvalue weighted by atomic mass is 10.1. The fourth-order valence-corrected chi connectivity index (χ4v) is 2.72. The van der Waals surface area contributed by atoms with E-state index < -0.39 is 16.4 Å². The largest absolute Gasteiger partial charge is 0.490 e. The van der Waals surface area contributed by atoms with E-state index >= 15 is 0 Å². The number of fused-ring (bicyclic) bond motifs is 1. The Morgan fingerprint density at radius 2 is 2.00 bits per heavy atom. The van der Waals surface area contributed by atoms with Gasteiger partial charge < -0.3 is 14.8 Å². The van der Waals surface area contributed by atoms with Gasteiger partial charge in [-0.3, -0.25) is 24.3 Å². The van der Waals surface area contributed by atoms with Crippen LogP contribution in [0.15, 0.2) is 41.3 Å². The van der Waals surface area contributed by atoms with Crippen molar-refractivity contribution in [3.63, 3.8) is 0 Å². The highest BCUT2D eigenvalue weighted by Gasteiger charge is 2.16. The van der Waals surface area contributed by atoms with Gasteiger partial charge in [0.2, 0.25) is 5.91 Å². The molecule has 0 bridgehead atoms. The van der Waals surface area contributed by atoms with E-state index in [0.29, 0.717) is 24.7 Å². The summed E-state index contributed by atoms with van der Waals surface area (Å²) in [5.74, 6) is 0.858. The number of amides is 1. The molecular weight excluding hydrogens is 354 g/mol. The van der Waals surface area contributed by atoms with E-state index in [1.807, 2.05) is 12.1 Å². The van der Waals surface area contributed by atoms with E-state index in [9.17, 15) is 19.7 Å². The third-order valence-corrected chi connectivity index (χ3v) is 4.14. The van der Waals surface area contributed by atoms with Gasteiger partial charge in [0.25, 0.3) is 11.2 Å². The van der Waals surface area contributed by atoms with Crippen molar-refractivity contribution in [2.45, 2.75) is 25.9 Å². The van der Waals surface area contributed by atoms with Crippen LogP contribution in [0.5, 0.6) is 11.5 Å². The van der Waals surface area contributed by atoms with Crippen LogP contribution < -0.4 is 20.3 Å². The van der Waals surface area contributed by atoms with E-state index in [2.05, 4.69) is 5.32 Å². The Morgan fingerprint density at radius 3 is 2.74 bits per heavy atom. The van der Waals surface area contributed by atoms with E-state index in [1.54, 1.807) is 13.0 Å². The van der Waals surface area contributed by atoms with Crippen molar-refractivity contribution >= 4 is 11.6 Å². The molecule has 1 aromatic heterocycles. The summed E-state index contributed by atoms with van der Waals surface area (Å²) in [4.78, 5) is 34.3. The molecule has 1 aliphatic heterocycles. The normalized spacial score (nSPS) is 14.1. The first kappa shape index (κ1) is 18.4. The zero-order chi connectivity index (χ0) is 19.4. The predicted molar refractivity (Wildman–Crippen MR) is 96.0 cm³/mol. The number of aromatic nitrogens is 1. The summed E-state index contributed by atoms with van der Waals surface area (Å²) in [6, 6.07) is 7.27. The van der Waals surface area contributed by atoms with Crippen molar-refractivity contribution in [3.05, 3.63) is 62.6 Å². The first-order valence-corrected chi connectivity index (χ1v) is 8.48. The molecule has 3 rings (SSSR count). The van der Waals surface area contributed by atoms with Crippen LogP contribution in [0.2, 0.25) is 0 Å². The lowest BCUT2D eigenvalue weighted by Gasteiger charge is -2.17. The van der Waals surface area contributed by atoms with Crippen LogP contribution in [0, 0.1) is 10.1 Å². The SMILES string of the molecule is CC(NC(=O)Cn1cc([N+](=O)[O-])ccc1=O)c1ccc2c(c1)OCCCO2. The highest BCUT2D eigenvalue weighted by atomic mass is 16.6. The minimum atomic E-state index is -0.617. The lowest BCUT2D eigenvalue weighted by Crippen LogP contribution is -2.33. The molecule has 9 heteroatoms. The molecule has 142 valence electrons. The van der Waals surface area contributed by atoms with E-state index in [0.717, 1.165) is 34.9 Å². The third-order valence-electron chi connectivity index (χ3n) is 4.14. The second-order valence-corrected chi connectivity index (χ2v) is 6.16. The molecule has 1 amide bonds. The molecule has 1 N–H and O–H groups in total. The molecule has 2 aromatic rings. The molecule has 0 radical (unpaired) electrons. The fraction of sp³-hybridized carbons (Fsp3) is 0.333. The minimum absolute atomic E-state index is 0.252. The topological polar surface area (TPSA) is 113 Å². The zero-order valence-corrected chi connectivity index (χ0v) is 14.7. The maximum Gasteiger partial charge on any atom is 0.285 e. The van der Waals surface area contributed by atoms with Gasteiger partial charge in [-0.05, 0) is 24.6 Å². The molecule has 2 heterocycles. The second-order valence-electron chi connectivity index (χ2n) is 6.16. The monoisotopic (exact) mass is 373 g/mol. The lowest BCUT2D eigenvalue weighted by molar-refractivity contribution is -0.385. The Balaban J connectivity index is 1.69. The summed E-state index contributed by atoms with van der Waals surface area (Å²) in [6.45, 7) is 2.65. The van der Waals surface area contributed by atoms with Crippen LogP contribution in [0.3, 0.4) is 0 Å². The number of rotatable bonds is 5. The average molecular weight is 373 g/mol. The van der Waals surface area contributed by atoms with Crippen molar-refractivity contribution in [1.82, 2.24) is 9.88 Å². The van der Waals surface area contributed by atoms with Gasteiger partial charge >= 0.3 is 0 Å². The quantitative estimate of drug-likeness (QED) is 0.632. The van der Waals surface area contributed by atoms with E-state index in [-0.39, 0.29) is 18.3 Å². The number of ether oxygens (including phenoxy) is 2. The Labute approximate surface area is 154 Å². The molecule has 27 heavy (non-hydrogen) atoms. The number of hydrogen-bond donors (Lipinski definition) is 1. The zero-order valence-electron chi connectivity index (χ0n) is 14.7.